The zero-order valence-corrected chi connectivity index (χ0v) is 10.7. The van der Waals surface area contributed by atoms with E-state index in [0.29, 0.717) is 13.2 Å². The highest BCUT2D eigenvalue weighted by molar-refractivity contribution is 5.22. The molecule has 0 bridgehead atoms. The van der Waals surface area contributed by atoms with Crippen molar-refractivity contribution >= 4 is 0 Å². The number of ether oxygens (including phenoxy) is 1. The molecule has 0 aliphatic rings. The number of nitrogens with one attached hydrogen (secondary N) is 1. The summed E-state index contributed by atoms with van der Waals surface area (Å²) >= 11 is 0. The van der Waals surface area contributed by atoms with Crippen LogP contribution in [0.2, 0.25) is 0 Å². The van der Waals surface area contributed by atoms with Crippen molar-refractivity contribution in [2.45, 2.75) is 26.2 Å². The topological polar surface area (TPSA) is 21.3 Å². The van der Waals surface area contributed by atoms with Crippen molar-refractivity contribution in [1.29, 1.82) is 0 Å². The molecule has 1 aromatic rings. The molecule has 96 valence electrons. The summed E-state index contributed by atoms with van der Waals surface area (Å²) in [6, 6.07) is 7.00. The Morgan fingerprint density at radius 1 is 1.29 bits per heavy atom. The van der Waals surface area contributed by atoms with Gasteiger partial charge >= 0.3 is 0 Å². The van der Waals surface area contributed by atoms with E-state index < -0.39 is 0 Å². The molecule has 0 amide bonds. The summed E-state index contributed by atoms with van der Waals surface area (Å²) in [4.78, 5) is 0. The fourth-order valence-corrected chi connectivity index (χ4v) is 1.86. The first-order valence-electron chi connectivity index (χ1n) is 6.32. The van der Waals surface area contributed by atoms with Crippen LogP contribution >= 0.6 is 0 Å². The number of benzene rings is 1. The Morgan fingerprint density at radius 3 is 2.71 bits per heavy atom. The minimum Gasteiger partial charge on any atom is -0.382 e. The van der Waals surface area contributed by atoms with Crippen LogP contribution in [0.3, 0.4) is 0 Å². The van der Waals surface area contributed by atoms with E-state index in [9.17, 15) is 4.39 Å². The zero-order valence-electron chi connectivity index (χ0n) is 10.7. The highest BCUT2D eigenvalue weighted by Gasteiger charge is 2.14. The monoisotopic (exact) mass is 239 g/mol. The van der Waals surface area contributed by atoms with Gasteiger partial charge in [-0.2, -0.15) is 0 Å². The lowest BCUT2D eigenvalue weighted by atomic mass is 9.95. The van der Waals surface area contributed by atoms with Crippen molar-refractivity contribution in [3.05, 3.63) is 35.6 Å². The van der Waals surface area contributed by atoms with Gasteiger partial charge in [0.05, 0.1) is 0 Å². The Labute approximate surface area is 103 Å². The molecule has 1 rings (SSSR count). The number of halogens is 1. The smallest absolute Gasteiger partial charge is 0.126 e. The predicted molar refractivity (Wildman–Crippen MR) is 68.8 cm³/mol. The molecular weight excluding hydrogens is 217 g/mol. The summed E-state index contributed by atoms with van der Waals surface area (Å²) in [7, 11) is 0. The first-order chi connectivity index (χ1) is 8.29. The maximum absolute atomic E-state index is 13.7. The van der Waals surface area contributed by atoms with Gasteiger partial charge < -0.3 is 10.1 Å². The van der Waals surface area contributed by atoms with Crippen LogP contribution in [0.5, 0.6) is 0 Å². The summed E-state index contributed by atoms with van der Waals surface area (Å²) in [5, 5.41) is 3.28. The second-order valence-electron chi connectivity index (χ2n) is 4.01. The summed E-state index contributed by atoms with van der Waals surface area (Å²) < 4.78 is 19.1. The number of rotatable bonds is 8. The molecule has 0 spiro atoms. The van der Waals surface area contributed by atoms with E-state index >= 15 is 0 Å². The Morgan fingerprint density at radius 2 is 2.06 bits per heavy atom. The number of hydrogen-bond acceptors (Lipinski definition) is 2. The van der Waals surface area contributed by atoms with Crippen LogP contribution in [0, 0.1) is 5.82 Å². The first-order valence-corrected chi connectivity index (χ1v) is 6.32. The van der Waals surface area contributed by atoms with Crippen LogP contribution in [0.25, 0.3) is 0 Å². The number of likely N-dealkylation sites (N-methyl/N-ethyl adjacent to an activating group) is 1. The molecule has 1 atom stereocenters. The van der Waals surface area contributed by atoms with Crippen molar-refractivity contribution in [1.82, 2.24) is 5.32 Å². The Kier molecular flexibility index (Phi) is 6.82. The van der Waals surface area contributed by atoms with Gasteiger partial charge in [0.15, 0.2) is 0 Å². The maximum atomic E-state index is 13.7. The second kappa shape index (κ2) is 8.20. The standard InChI is InChI=1S/C14H22FNO/c1-3-16-11-12(9-10-17-4-2)13-7-5-6-8-14(13)15/h5-8,12,16H,3-4,9-11H2,1-2H3. The molecule has 17 heavy (non-hydrogen) atoms. The summed E-state index contributed by atoms with van der Waals surface area (Å²) in [5.41, 5.74) is 0.785. The van der Waals surface area contributed by atoms with Crippen LogP contribution in [-0.2, 0) is 4.74 Å². The third-order valence-electron chi connectivity index (χ3n) is 2.80. The molecule has 1 N–H and O–H groups in total. The molecule has 0 heterocycles. The predicted octanol–water partition coefficient (Wildman–Crippen LogP) is 2.95. The molecule has 0 fully saturated rings. The van der Waals surface area contributed by atoms with Gasteiger partial charge in [0, 0.05) is 25.7 Å². The van der Waals surface area contributed by atoms with Crippen molar-refractivity contribution in [2.75, 3.05) is 26.3 Å². The summed E-state index contributed by atoms with van der Waals surface area (Å²) in [5.74, 6) is 0.0644. The fourth-order valence-electron chi connectivity index (χ4n) is 1.86. The molecule has 0 saturated heterocycles. The minimum atomic E-state index is -0.119. The van der Waals surface area contributed by atoms with Crippen molar-refractivity contribution in [3.8, 4) is 0 Å². The van der Waals surface area contributed by atoms with Crippen molar-refractivity contribution in [2.24, 2.45) is 0 Å². The van der Waals surface area contributed by atoms with E-state index in [4.69, 9.17) is 4.74 Å². The molecule has 1 unspecified atom stereocenters. The van der Waals surface area contributed by atoms with E-state index in [-0.39, 0.29) is 11.7 Å². The van der Waals surface area contributed by atoms with Crippen LogP contribution in [0.4, 0.5) is 4.39 Å². The molecule has 1 aromatic carbocycles. The second-order valence-corrected chi connectivity index (χ2v) is 4.01. The van der Waals surface area contributed by atoms with Gasteiger partial charge in [-0.3, -0.25) is 0 Å². The largest absolute Gasteiger partial charge is 0.382 e. The minimum absolute atomic E-state index is 0.119. The van der Waals surface area contributed by atoms with E-state index in [0.717, 1.165) is 25.1 Å². The third kappa shape index (κ3) is 4.84. The molecular formula is C14H22FNO. The Balaban J connectivity index is 2.64. The normalized spacial score (nSPS) is 12.6. The van der Waals surface area contributed by atoms with Gasteiger partial charge in [-0.1, -0.05) is 25.1 Å². The molecule has 0 aliphatic carbocycles. The molecule has 0 saturated carbocycles. The van der Waals surface area contributed by atoms with Gasteiger partial charge in [0.1, 0.15) is 5.82 Å². The lowest BCUT2D eigenvalue weighted by molar-refractivity contribution is 0.139. The lowest BCUT2D eigenvalue weighted by Crippen LogP contribution is -2.23. The SMILES string of the molecule is CCNCC(CCOCC)c1ccccc1F. The molecule has 0 radical (unpaired) electrons. The Hall–Kier alpha value is -0.930. The maximum Gasteiger partial charge on any atom is 0.126 e. The van der Waals surface area contributed by atoms with Gasteiger partial charge in [-0.05, 0) is 31.5 Å². The molecule has 0 aromatic heterocycles. The average Bonchev–Trinajstić information content (AvgIpc) is 2.35. The van der Waals surface area contributed by atoms with Crippen LogP contribution in [-0.4, -0.2) is 26.3 Å². The van der Waals surface area contributed by atoms with Gasteiger partial charge in [-0.15, -0.1) is 0 Å². The lowest BCUT2D eigenvalue weighted by Gasteiger charge is -2.18. The Bertz CT molecular complexity index is 317. The van der Waals surface area contributed by atoms with E-state index in [1.165, 1.54) is 6.07 Å². The van der Waals surface area contributed by atoms with Gasteiger partial charge in [0.2, 0.25) is 0 Å². The molecule has 3 heteroatoms. The van der Waals surface area contributed by atoms with Crippen LogP contribution in [0.15, 0.2) is 24.3 Å². The average molecular weight is 239 g/mol. The van der Waals surface area contributed by atoms with E-state index in [1.807, 2.05) is 19.1 Å². The molecule has 2 nitrogen and oxygen atoms in total. The first kappa shape index (κ1) is 14.1. The molecule has 0 aliphatic heterocycles. The van der Waals surface area contributed by atoms with Crippen LogP contribution < -0.4 is 5.32 Å². The third-order valence-corrected chi connectivity index (χ3v) is 2.80. The zero-order chi connectivity index (χ0) is 12.5. The summed E-state index contributed by atoms with van der Waals surface area (Å²) in [6.45, 7) is 7.12. The van der Waals surface area contributed by atoms with Gasteiger partial charge in [-0.25, -0.2) is 4.39 Å². The fraction of sp³-hybridized carbons (Fsp3) is 0.571. The quantitative estimate of drug-likeness (QED) is 0.704. The van der Waals surface area contributed by atoms with Crippen molar-refractivity contribution < 1.29 is 9.13 Å². The van der Waals surface area contributed by atoms with E-state index in [1.54, 1.807) is 6.07 Å². The van der Waals surface area contributed by atoms with Gasteiger partial charge in [0.25, 0.3) is 0 Å². The van der Waals surface area contributed by atoms with Crippen LogP contribution in [0.1, 0.15) is 31.7 Å². The van der Waals surface area contributed by atoms with E-state index in [2.05, 4.69) is 12.2 Å². The highest BCUT2D eigenvalue weighted by Crippen LogP contribution is 2.21. The number of hydrogen-bond donors (Lipinski definition) is 1. The summed E-state index contributed by atoms with van der Waals surface area (Å²) in [6.07, 6.45) is 0.849. The highest BCUT2D eigenvalue weighted by atomic mass is 19.1. The van der Waals surface area contributed by atoms with Crippen molar-refractivity contribution in [3.63, 3.8) is 0 Å².